The van der Waals surface area contributed by atoms with E-state index in [2.05, 4.69) is 144 Å². The van der Waals surface area contributed by atoms with Gasteiger partial charge in [-0.1, -0.05) is 170 Å². The summed E-state index contributed by atoms with van der Waals surface area (Å²) in [5.41, 5.74) is 13.1. The molecule has 11 aromatic rings. The van der Waals surface area contributed by atoms with Gasteiger partial charge in [0.2, 0.25) is 0 Å². The number of benzene rings is 9. The van der Waals surface area contributed by atoms with E-state index in [9.17, 15) is 5.26 Å². The van der Waals surface area contributed by atoms with Crippen molar-refractivity contribution >= 4 is 32.6 Å². The van der Waals surface area contributed by atoms with Crippen LogP contribution in [0.3, 0.4) is 0 Å². The molecule has 11 rings (SSSR count). The molecule has 0 unspecified atom stereocenters. The average molecular weight is 778 g/mol. The number of para-hydroxylation sites is 2. The van der Waals surface area contributed by atoms with Crippen molar-refractivity contribution in [1.29, 1.82) is 5.26 Å². The predicted molar refractivity (Wildman–Crippen MR) is 249 cm³/mol. The standard InChI is InChI=1S/C56H35N5/c57-36-37-33-42(35-43(34-37)47-24-14-26-52-53(47)50-23-12-13-25-51(50)61(52)44-19-8-3-9-20-44)46-32-31-45(48-21-10-11-22-49(46)48)38-27-29-41(30-28-38)56-59-54(39-15-4-1-5-16-39)58-55(60-56)40-17-6-2-7-18-40/h1-35H. The first-order valence-electron chi connectivity index (χ1n) is 20.3. The Bertz CT molecular complexity index is 3400. The highest BCUT2D eigenvalue weighted by atomic mass is 15.0. The fraction of sp³-hybridized carbons (Fsp3) is 0. The lowest BCUT2D eigenvalue weighted by Crippen LogP contribution is -2.00. The maximum absolute atomic E-state index is 10.4. The molecule has 0 saturated carbocycles. The van der Waals surface area contributed by atoms with E-state index in [0.29, 0.717) is 23.0 Å². The summed E-state index contributed by atoms with van der Waals surface area (Å²) < 4.78 is 2.33. The highest BCUT2D eigenvalue weighted by Crippen LogP contribution is 2.42. The van der Waals surface area contributed by atoms with Gasteiger partial charge in [0.25, 0.3) is 0 Å². The highest BCUT2D eigenvalue weighted by molar-refractivity contribution is 6.16. The van der Waals surface area contributed by atoms with Gasteiger partial charge in [0.15, 0.2) is 17.5 Å². The van der Waals surface area contributed by atoms with Crippen molar-refractivity contribution in [2.75, 3.05) is 0 Å². The van der Waals surface area contributed by atoms with E-state index in [1.807, 2.05) is 78.9 Å². The summed E-state index contributed by atoms with van der Waals surface area (Å²) in [6, 6.07) is 75.8. The van der Waals surface area contributed by atoms with Crippen LogP contribution in [0.15, 0.2) is 212 Å². The van der Waals surface area contributed by atoms with Gasteiger partial charge in [-0.15, -0.1) is 0 Å². The number of rotatable bonds is 7. The molecule has 0 bridgehead atoms. The third-order valence-electron chi connectivity index (χ3n) is 11.5. The summed E-state index contributed by atoms with van der Waals surface area (Å²) in [5.74, 6) is 1.89. The molecule has 0 aliphatic carbocycles. The lowest BCUT2D eigenvalue weighted by Gasteiger charge is -2.15. The number of hydrogen-bond donors (Lipinski definition) is 0. The van der Waals surface area contributed by atoms with E-state index in [-0.39, 0.29) is 0 Å². The lowest BCUT2D eigenvalue weighted by molar-refractivity contribution is 1.07. The molecule has 0 atom stereocenters. The van der Waals surface area contributed by atoms with E-state index in [1.165, 1.54) is 5.39 Å². The van der Waals surface area contributed by atoms with Gasteiger partial charge in [0.05, 0.1) is 22.7 Å². The second-order valence-electron chi connectivity index (χ2n) is 15.1. The second-order valence-corrected chi connectivity index (χ2v) is 15.1. The van der Waals surface area contributed by atoms with Gasteiger partial charge in [-0.25, -0.2) is 15.0 Å². The van der Waals surface area contributed by atoms with Crippen molar-refractivity contribution in [2.24, 2.45) is 0 Å². The van der Waals surface area contributed by atoms with E-state index in [1.54, 1.807) is 0 Å². The van der Waals surface area contributed by atoms with Gasteiger partial charge in [0.1, 0.15) is 0 Å². The Morgan fingerprint density at radius 2 is 0.803 bits per heavy atom. The van der Waals surface area contributed by atoms with Crippen LogP contribution in [-0.4, -0.2) is 19.5 Å². The Morgan fingerprint density at radius 1 is 0.344 bits per heavy atom. The van der Waals surface area contributed by atoms with Crippen molar-refractivity contribution in [3.8, 4) is 79.3 Å². The lowest BCUT2D eigenvalue weighted by atomic mass is 9.89. The third kappa shape index (κ3) is 6.40. The largest absolute Gasteiger partial charge is 0.309 e. The van der Waals surface area contributed by atoms with Crippen molar-refractivity contribution in [3.63, 3.8) is 0 Å². The number of fused-ring (bicyclic) bond motifs is 4. The summed E-state index contributed by atoms with van der Waals surface area (Å²) in [5, 5.41) is 15.0. The Balaban J connectivity index is 1.00. The minimum Gasteiger partial charge on any atom is -0.309 e. The van der Waals surface area contributed by atoms with Crippen molar-refractivity contribution in [2.45, 2.75) is 0 Å². The molecule has 0 saturated heterocycles. The van der Waals surface area contributed by atoms with Crippen LogP contribution in [0.1, 0.15) is 5.56 Å². The van der Waals surface area contributed by atoms with Crippen LogP contribution in [0, 0.1) is 11.3 Å². The topological polar surface area (TPSA) is 67.4 Å². The molecule has 0 fully saturated rings. The summed E-state index contributed by atoms with van der Waals surface area (Å²) in [7, 11) is 0. The molecule has 0 amide bonds. The highest BCUT2D eigenvalue weighted by Gasteiger charge is 2.18. The molecule has 9 aromatic carbocycles. The molecule has 2 heterocycles. The monoisotopic (exact) mass is 777 g/mol. The first-order valence-corrected chi connectivity index (χ1v) is 20.3. The number of nitriles is 1. The molecular formula is C56H35N5. The van der Waals surface area contributed by atoms with Crippen LogP contribution in [0.25, 0.3) is 106 Å². The third-order valence-corrected chi connectivity index (χ3v) is 11.5. The van der Waals surface area contributed by atoms with Gasteiger partial charge in [-0.2, -0.15) is 5.26 Å². The number of aromatic nitrogens is 4. The molecule has 61 heavy (non-hydrogen) atoms. The molecular weight excluding hydrogens is 743 g/mol. The van der Waals surface area contributed by atoms with E-state index >= 15 is 0 Å². The fourth-order valence-electron chi connectivity index (χ4n) is 8.66. The number of hydrogen-bond acceptors (Lipinski definition) is 4. The maximum Gasteiger partial charge on any atom is 0.164 e. The molecule has 0 N–H and O–H groups in total. The summed E-state index contributed by atoms with van der Waals surface area (Å²) in [6.45, 7) is 0. The van der Waals surface area contributed by atoms with Crippen LogP contribution in [0.5, 0.6) is 0 Å². The van der Waals surface area contributed by atoms with Crippen LogP contribution >= 0.6 is 0 Å². The Kier molecular flexibility index (Phi) is 8.80. The summed E-state index contributed by atoms with van der Waals surface area (Å²) in [6.07, 6.45) is 0. The molecule has 0 aliphatic rings. The summed E-state index contributed by atoms with van der Waals surface area (Å²) in [4.78, 5) is 14.7. The molecule has 0 spiro atoms. The molecule has 5 heteroatoms. The zero-order valence-electron chi connectivity index (χ0n) is 32.9. The Labute approximate surface area is 353 Å². The Morgan fingerprint density at radius 3 is 1.39 bits per heavy atom. The molecule has 284 valence electrons. The zero-order valence-corrected chi connectivity index (χ0v) is 32.9. The van der Waals surface area contributed by atoms with Crippen LogP contribution in [-0.2, 0) is 0 Å². The van der Waals surface area contributed by atoms with Gasteiger partial charge >= 0.3 is 0 Å². The quantitative estimate of drug-likeness (QED) is 0.162. The first-order chi connectivity index (χ1) is 30.2. The smallest absolute Gasteiger partial charge is 0.164 e. The molecule has 2 aromatic heterocycles. The minimum atomic E-state index is 0.615. The van der Waals surface area contributed by atoms with E-state index < -0.39 is 0 Å². The molecule has 0 radical (unpaired) electrons. The average Bonchev–Trinajstić information content (AvgIpc) is 3.69. The first kappa shape index (κ1) is 35.7. The van der Waals surface area contributed by atoms with Crippen LogP contribution in [0.4, 0.5) is 0 Å². The normalized spacial score (nSPS) is 11.3. The number of nitrogens with zero attached hydrogens (tertiary/aromatic N) is 5. The summed E-state index contributed by atoms with van der Waals surface area (Å²) >= 11 is 0. The fourth-order valence-corrected chi connectivity index (χ4v) is 8.66. The van der Waals surface area contributed by atoms with E-state index in [0.717, 1.165) is 83.0 Å². The molecule has 0 aliphatic heterocycles. The van der Waals surface area contributed by atoms with Crippen LogP contribution in [0.2, 0.25) is 0 Å². The predicted octanol–water partition coefficient (Wildman–Crippen LogP) is 14.0. The SMILES string of the molecule is N#Cc1cc(-c2ccc(-c3ccc(-c4nc(-c5ccccc5)nc(-c5ccccc5)n4)cc3)c3ccccc23)cc(-c2cccc3c2c2ccccc2n3-c2ccccc2)c1. The van der Waals surface area contributed by atoms with Gasteiger partial charge in [0, 0.05) is 33.2 Å². The van der Waals surface area contributed by atoms with E-state index in [4.69, 9.17) is 15.0 Å². The minimum absolute atomic E-state index is 0.615. The maximum atomic E-state index is 10.4. The second kappa shape index (κ2) is 15.0. The van der Waals surface area contributed by atoms with Gasteiger partial charge < -0.3 is 4.57 Å². The van der Waals surface area contributed by atoms with Crippen LogP contribution < -0.4 is 0 Å². The van der Waals surface area contributed by atoms with Crippen molar-refractivity contribution < 1.29 is 0 Å². The van der Waals surface area contributed by atoms with Gasteiger partial charge in [-0.05, 0) is 86.6 Å². The molecule has 5 nitrogen and oxygen atoms in total. The van der Waals surface area contributed by atoms with Crippen molar-refractivity contribution in [3.05, 3.63) is 218 Å². The Hall–Kier alpha value is -8.46. The van der Waals surface area contributed by atoms with Crippen molar-refractivity contribution in [1.82, 2.24) is 19.5 Å². The zero-order chi connectivity index (χ0) is 40.7. The van der Waals surface area contributed by atoms with Gasteiger partial charge in [-0.3, -0.25) is 0 Å².